The summed E-state index contributed by atoms with van der Waals surface area (Å²) in [4.78, 5) is 12.4. The van der Waals surface area contributed by atoms with Crippen LogP contribution in [-0.4, -0.2) is 28.5 Å². The van der Waals surface area contributed by atoms with Gasteiger partial charge in [-0.3, -0.25) is 4.79 Å². The van der Waals surface area contributed by atoms with Crippen molar-refractivity contribution in [1.29, 1.82) is 0 Å². The zero-order valence-electron chi connectivity index (χ0n) is 13.5. The fraction of sp³-hybridized carbons (Fsp3) is 0.188. The lowest BCUT2D eigenvalue weighted by atomic mass is 10.1. The number of ether oxygens (including phenoxy) is 2. The van der Waals surface area contributed by atoms with Crippen LogP contribution in [0.1, 0.15) is 15.9 Å². The van der Waals surface area contributed by atoms with Crippen LogP contribution < -0.4 is 19.9 Å². The molecule has 3 N–H and O–H groups in total. The Hall–Kier alpha value is -2.58. The number of amides is 1. The van der Waals surface area contributed by atoms with Crippen molar-refractivity contribution in [3.63, 3.8) is 0 Å². The Morgan fingerprint density at radius 1 is 1.08 bits per heavy atom. The summed E-state index contributed by atoms with van der Waals surface area (Å²) in [6, 6.07) is 9.15. The highest BCUT2D eigenvalue weighted by atomic mass is 32.2. The van der Waals surface area contributed by atoms with Crippen molar-refractivity contribution in [2.24, 2.45) is 5.14 Å². The van der Waals surface area contributed by atoms with E-state index in [4.69, 9.17) is 14.6 Å². The van der Waals surface area contributed by atoms with E-state index in [0.717, 1.165) is 0 Å². The molecule has 0 atom stereocenters. The molecule has 0 unspecified atom stereocenters. The molecule has 0 fully saturated rings. The van der Waals surface area contributed by atoms with E-state index in [9.17, 15) is 13.2 Å². The van der Waals surface area contributed by atoms with Crippen LogP contribution in [0.2, 0.25) is 0 Å². The number of rotatable bonds is 5. The number of aryl methyl sites for hydroxylation is 1. The first-order valence-corrected chi connectivity index (χ1v) is 8.47. The number of primary sulfonamides is 1. The Balaban J connectivity index is 2.39. The molecule has 2 aromatic carbocycles. The van der Waals surface area contributed by atoms with Crippen molar-refractivity contribution < 1.29 is 22.7 Å². The molecule has 0 aliphatic carbocycles. The zero-order valence-corrected chi connectivity index (χ0v) is 14.3. The van der Waals surface area contributed by atoms with Gasteiger partial charge in [-0.15, -0.1) is 0 Å². The minimum absolute atomic E-state index is 0.120. The number of benzene rings is 2. The van der Waals surface area contributed by atoms with Gasteiger partial charge in [0.2, 0.25) is 10.0 Å². The molecule has 0 aromatic heterocycles. The number of nitrogens with one attached hydrogen (secondary N) is 1. The molecule has 0 aliphatic heterocycles. The second kappa shape index (κ2) is 6.90. The third kappa shape index (κ3) is 4.03. The molecule has 0 aliphatic rings. The molecule has 2 rings (SSSR count). The van der Waals surface area contributed by atoms with Crippen molar-refractivity contribution in [2.45, 2.75) is 11.8 Å². The van der Waals surface area contributed by atoms with E-state index in [1.165, 1.54) is 26.4 Å². The fourth-order valence-corrected chi connectivity index (χ4v) is 2.79. The van der Waals surface area contributed by atoms with Gasteiger partial charge in [-0.25, -0.2) is 13.6 Å². The highest BCUT2D eigenvalue weighted by molar-refractivity contribution is 7.89. The van der Waals surface area contributed by atoms with E-state index in [-0.39, 0.29) is 10.5 Å². The fourth-order valence-electron chi connectivity index (χ4n) is 2.15. The molecule has 24 heavy (non-hydrogen) atoms. The number of carbonyl (C=O) groups is 1. The topological polar surface area (TPSA) is 108 Å². The third-order valence-electron chi connectivity index (χ3n) is 3.30. The molecule has 0 saturated heterocycles. The average molecular weight is 350 g/mol. The van der Waals surface area contributed by atoms with E-state index in [1.807, 2.05) is 0 Å². The van der Waals surface area contributed by atoms with Crippen LogP contribution in [0, 0.1) is 6.92 Å². The van der Waals surface area contributed by atoms with Crippen LogP contribution in [0.5, 0.6) is 11.5 Å². The molecule has 7 nitrogen and oxygen atoms in total. The number of hydrogen-bond acceptors (Lipinski definition) is 5. The molecule has 2 aromatic rings. The number of carbonyl (C=O) groups excluding carboxylic acids is 1. The van der Waals surface area contributed by atoms with Gasteiger partial charge in [-0.1, -0.05) is 0 Å². The van der Waals surface area contributed by atoms with Gasteiger partial charge in [0, 0.05) is 11.6 Å². The highest BCUT2D eigenvalue weighted by Gasteiger charge is 2.15. The standard InChI is InChI=1S/C16H18N2O5S/c1-10-6-11(8-13(7-10)24(17,20)21)16(19)18-14-9-12(22-2)4-5-15(14)23-3/h4-9H,1-3H3,(H,18,19)(H2,17,20,21). The second-order valence-corrected chi connectivity index (χ2v) is 6.66. The lowest BCUT2D eigenvalue weighted by molar-refractivity contribution is 0.102. The summed E-state index contributed by atoms with van der Waals surface area (Å²) in [5, 5.41) is 7.81. The molecular formula is C16H18N2O5S. The predicted octanol–water partition coefficient (Wildman–Crippen LogP) is 1.91. The second-order valence-electron chi connectivity index (χ2n) is 5.10. The lowest BCUT2D eigenvalue weighted by Crippen LogP contribution is -2.16. The van der Waals surface area contributed by atoms with Crippen molar-refractivity contribution in [3.8, 4) is 11.5 Å². The SMILES string of the molecule is COc1ccc(OC)c(NC(=O)c2cc(C)cc(S(N)(=O)=O)c2)c1. The van der Waals surface area contributed by atoms with E-state index in [1.54, 1.807) is 31.2 Å². The van der Waals surface area contributed by atoms with E-state index >= 15 is 0 Å². The monoisotopic (exact) mass is 350 g/mol. The highest BCUT2D eigenvalue weighted by Crippen LogP contribution is 2.29. The van der Waals surface area contributed by atoms with Gasteiger partial charge in [-0.2, -0.15) is 0 Å². The van der Waals surface area contributed by atoms with Gasteiger partial charge < -0.3 is 14.8 Å². The van der Waals surface area contributed by atoms with Crippen LogP contribution in [0.3, 0.4) is 0 Å². The van der Waals surface area contributed by atoms with Gasteiger partial charge in [0.05, 0.1) is 24.8 Å². The third-order valence-corrected chi connectivity index (χ3v) is 4.19. The molecule has 0 saturated carbocycles. The van der Waals surface area contributed by atoms with Crippen LogP contribution >= 0.6 is 0 Å². The molecule has 0 radical (unpaired) electrons. The molecular weight excluding hydrogens is 332 g/mol. The largest absolute Gasteiger partial charge is 0.497 e. The van der Waals surface area contributed by atoms with Gasteiger partial charge >= 0.3 is 0 Å². The van der Waals surface area contributed by atoms with Crippen LogP contribution in [0.25, 0.3) is 0 Å². The van der Waals surface area contributed by atoms with Gasteiger partial charge in [0.25, 0.3) is 5.91 Å². The van der Waals surface area contributed by atoms with E-state index in [2.05, 4.69) is 5.32 Å². The summed E-state index contributed by atoms with van der Waals surface area (Å²) < 4.78 is 33.3. The first-order chi connectivity index (χ1) is 11.2. The minimum Gasteiger partial charge on any atom is -0.497 e. The Bertz CT molecular complexity index is 878. The molecule has 8 heteroatoms. The maximum absolute atomic E-state index is 12.5. The predicted molar refractivity (Wildman–Crippen MR) is 90.1 cm³/mol. The molecule has 1 amide bonds. The maximum Gasteiger partial charge on any atom is 0.255 e. The van der Waals surface area contributed by atoms with Gasteiger partial charge in [0.15, 0.2) is 0 Å². The van der Waals surface area contributed by atoms with E-state index < -0.39 is 15.9 Å². The van der Waals surface area contributed by atoms with Gasteiger partial charge in [-0.05, 0) is 42.8 Å². The smallest absolute Gasteiger partial charge is 0.255 e. The van der Waals surface area contributed by atoms with Crippen LogP contribution in [-0.2, 0) is 10.0 Å². The van der Waals surface area contributed by atoms with Gasteiger partial charge in [0.1, 0.15) is 11.5 Å². The normalized spacial score (nSPS) is 11.0. The zero-order chi connectivity index (χ0) is 17.9. The Morgan fingerprint density at radius 3 is 2.38 bits per heavy atom. The summed E-state index contributed by atoms with van der Waals surface area (Å²) in [7, 11) is -0.921. The van der Waals surface area contributed by atoms with Crippen LogP contribution in [0.15, 0.2) is 41.3 Å². The van der Waals surface area contributed by atoms with Crippen molar-refractivity contribution in [2.75, 3.05) is 19.5 Å². The first kappa shape index (κ1) is 17.8. The van der Waals surface area contributed by atoms with Crippen molar-refractivity contribution in [3.05, 3.63) is 47.5 Å². The quantitative estimate of drug-likeness (QED) is 0.856. The maximum atomic E-state index is 12.5. The molecule has 0 heterocycles. The molecule has 128 valence electrons. The summed E-state index contributed by atoms with van der Waals surface area (Å²) in [6.45, 7) is 1.68. The van der Waals surface area contributed by atoms with E-state index in [0.29, 0.717) is 22.7 Å². The van der Waals surface area contributed by atoms with Crippen molar-refractivity contribution >= 4 is 21.6 Å². The van der Waals surface area contributed by atoms with Crippen molar-refractivity contribution in [1.82, 2.24) is 0 Å². The number of nitrogens with two attached hydrogens (primary N) is 1. The Labute approximate surface area is 140 Å². The molecule has 0 bridgehead atoms. The number of anilines is 1. The number of methoxy groups -OCH3 is 2. The summed E-state index contributed by atoms with van der Waals surface area (Å²) in [5.41, 5.74) is 1.17. The summed E-state index contributed by atoms with van der Waals surface area (Å²) >= 11 is 0. The Kier molecular flexibility index (Phi) is 5.10. The molecule has 0 spiro atoms. The summed E-state index contributed by atoms with van der Waals surface area (Å²) in [5.74, 6) is 0.499. The summed E-state index contributed by atoms with van der Waals surface area (Å²) in [6.07, 6.45) is 0. The Morgan fingerprint density at radius 2 is 1.79 bits per heavy atom. The first-order valence-electron chi connectivity index (χ1n) is 6.92. The lowest BCUT2D eigenvalue weighted by Gasteiger charge is -2.12. The number of hydrogen-bond donors (Lipinski definition) is 2. The number of sulfonamides is 1. The van der Waals surface area contributed by atoms with Crippen LogP contribution in [0.4, 0.5) is 5.69 Å². The minimum atomic E-state index is -3.90. The average Bonchev–Trinajstić information content (AvgIpc) is 2.53.